The summed E-state index contributed by atoms with van der Waals surface area (Å²) in [5.41, 5.74) is 0.808. The second kappa shape index (κ2) is 8.47. The molecule has 1 aliphatic rings. The highest BCUT2D eigenvalue weighted by Crippen LogP contribution is 2.30. The molecule has 0 atom stereocenters. The molecule has 0 aliphatic heterocycles. The molecular formula is C19H19F2NO4S. The number of alkyl halides is 2. The molecule has 1 aromatic carbocycles. The van der Waals surface area contributed by atoms with Gasteiger partial charge in [0.25, 0.3) is 5.91 Å². The van der Waals surface area contributed by atoms with Crippen molar-refractivity contribution in [2.75, 3.05) is 0 Å². The number of rotatable bonds is 6. The number of amides is 1. The van der Waals surface area contributed by atoms with Crippen LogP contribution in [0.25, 0.3) is 10.4 Å². The van der Waals surface area contributed by atoms with Gasteiger partial charge in [0.15, 0.2) is 0 Å². The summed E-state index contributed by atoms with van der Waals surface area (Å²) < 4.78 is 28.7. The number of carbonyl (C=O) groups is 2. The molecule has 1 heterocycles. The molecule has 3 rings (SSSR count). The molecule has 144 valence electrons. The van der Waals surface area contributed by atoms with E-state index in [9.17, 15) is 18.4 Å². The van der Waals surface area contributed by atoms with Crippen LogP contribution in [-0.4, -0.2) is 29.6 Å². The third kappa shape index (κ3) is 5.03. The highest BCUT2D eigenvalue weighted by Gasteiger charge is 2.27. The van der Waals surface area contributed by atoms with Crippen LogP contribution in [0.1, 0.15) is 35.4 Å². The predicted octanol–water partition coefficient (Wildman–Crippen LogP) is 4.39. The Morgan fingerprint density at radius 1 is 1.07 bits per heavy atom. The summed E-state index contributed by atoms with van der Waals surface area (Å²) in [6.45, 7) is -2.86. The fourth-order valence-electron chi connectivity index (χ4n) is 3.16. The van der Waals surface area contributed by atoms with Gasteiger partial charge in [0.05, 0.1) is 10.8 Å². The SMILES string of the molecule is O=C(NC1CCC(C(=O)O)CC1)c1ccc(-c2ccc(OC(F)F)cc2)s1. The summed E-state index contributed by atoms with van der Waals surface area (Å²) in [6.07, 6.45) is 2.46. The van der Waals surface area contributed by atoms with Crippen LogP contribution in [-0.2, 0) is 4.79 Å². The first-order valence-corrected chi connectivity index (χ1v) is 9.43. The highest BCUT2D eigenvalue weighted by atomic mass is 32.1. The van der Waals surface area contributed by atoms with Crippen LogP contribution in [0.15, 0.2) is 36.4 Å². The zero-order valence-corrected chi connectivity index (χ0v) is 15.2. The van der Waals surface area contributed by atoms with Crippen molar-refractivity contribution in [1.82, 2.24) is 5.32 Å². The van der Waals surface area contributed by atoms with Gasteiger partial charge in [-0.05, 0) is 67.6 Å². The maximum Gasteiger partial charge on any atom is 0.387 e. The van der Waals surface area contributed by atoms with Gasteiger partial charge in [0, 0.05) is 10.9 Å². The van der Waals surface area contributed by atoms with Crippen molar-refractivity contribution in [1.29, 1.82) is 0 Å². The Hall–Kier alpha value is -2.48. The largest absolute Gasteiger partial charge is 0.481 e. The van der Waals surface area contributed by atoms with E-state index >= 15 is 0 Å². The minimum absolute atomic E-state index is 0.00979. The van der Waals surface area contributed by atoms with Crippen molar-refractivity contribution >= 4 is 23.2 Å². The molecule has 1 aliphatic carbocycles. The van der Waals surface area contributed by atoms with Crippen LogP contribution in [0, 0.1) is 5.92 Å². The molecule has 0 saturated heterocycles. The summed E-state index contributed by atoms with van der Waals surface area (Å²) in [5.74, 6) is -1.18. The highest BCUT2D eigenvalue weighted by molar-refractivity contribution is 7.17. The average Bonchev–Trinajstić information content (AvgIpc) is 3.12. The maximum atomic E-state index is 12.4. The van der Waals surface area contributed by atoms with Crippen LogP contribution in [0.3, 0.4) is 0 Å². The lowest BCUT2D eigenvalue weighted by Gasteiger charge is -2.26. The van der Waals surface area contributed by atoms with Gasteiger partial charge in [0.1, 0.15) is 5.75 Å². The van der Waals surface area contributed by atoms with Crippen molar-refractivity contribution < 1.29 is 28.2 Å². The molecule has 0 radical (unpaired) electrons. The first kappa shape index (κ1) is 19.3. The molecule has 1 saturated carbocycles. The normalized spacial score (nSPS) is 19.7. The molecule has 2 aromatic rings. The van der Waals surface area contributed by atoms with Crippen molar-refractivity contribution in [3.8, 4) is 16.2 Å². The van der Waals surface area contributed by atoms with E-state index in [1.54, 1.807) is 18.2 Å². The average molecular weight is 395 g/mol. The number of benzene rings is 1. The standard InChI is InChI=1S/C19H19F2NO4S/c20-19(21)26-14-7-3-11(4-8-14)15-9-10-16(27-15)17(23)22-13-5-1-12(2-6-13)18(24)25/h3-4,7-10,12-13,19H,1-2,5-6H2,(H,22,23)(H,24,25). The second-order valence-electron chi connectivity index (χ2n) is 6.43. The van der Waals surface area contributed by atoms with Gasteiger partial charge in [-0.3, -0.25) is 9.59 Å². The number of hydrogen-bond acceptors (Lipinski definition) is 4. The van der Waals surface area contributed by atoms with Gasteiger partial charge in [-0.25, -0.2) is 0 Å². The van der Waals surface area contributed by atoms with E-state index < -0.39 is 12.6 Å². The summed E-state index contributed by atoms with van der Waals surface area (Å²) in [7, 11) is 0. The van der Waals surface area contributed by atoms with E-state index in [1.807, 2.05) is 6.07 Å². The Bertz CT molecular complexity index is 798. The minimum Gasteiger partial charge on any atom is -0.481 e. The summed E-state index contributed by atoms with van der Waals surface area (Å²) in [6, 6.07) is 9.77. The van der Waals surface area contributed by atoms with Gasteiger partial charge in [-0.2, -0.15) is 8.78 Å². The minimum atomic E-state index is -2.86. The van der Waals surface area contributed by atoms with Gasteiger partial charge >= 0.3 is 12.6 Å². The van der Waals surface area contributed by atoms with Crippen LogP contribution in [0.2, 0.25) is 0 Å². The lowest BCUT2D eigenvalue weighted by molar-refractivity contribution is -0.142. The predicted molar refractivity (Wildman–Crippen MR) is 97.2 cm³/mol. The Kier molecular flexibility index (Phi) is 6.05. The molecule has 0 bridgehead atoms. The number of carboxylic acid groups (broad SMARTS) is 1. The lowest BCUT2D eigenvalue weighted by Crippen LogP contribution is -2.38. The Morgan fingerprint density at radius 3 is 2.33 bits per heavy atom. The van der Waals surface area contributed by atoms with Crippen molar-refractivity contribution in [2.45, 2.75) is 38.3 Å². The Morgan fingerprint density at radius 2 is 1.74 bits per heavy atom. The molecule has 8 heteroatoms. The summed E-state index contributed by atoms with van der Waals surface area (Å²) >= 11 is 1.31. The van der Waals surface area contributed by atoms with Gasteiger partial charge in [0.2, 0.25) is 0 Å². The van der Waals surface area contributed by atoms with Gasteiger partial charge < -0.3 is 15.2 Å². The number of halogens is 2. The van der Waals surface area contributed by atoms with E-state index in [-0.39, 0.29) is 23.6 Å². The quantitative estimate of drug-likeness (QED) is 0.761. The third-order valence-corrected chi connectivity index (χ3v) is 5.74. The monoisotopic (exact) mass is 395 g/mol. The van der Waals surface area contributed by atoms with Gasteiger partial charge in [-0.1, -0.05) is 0 Å². The smallest absolute Gasteiger partial charge is 0.387 e. The fraction of sp³-hybridized carbons (Fsp3) is 0.368. The molecule has 2 N–H and O–H groups in total. The number of hydrogen-bond donors (Lipinski definition) is 2. The van der Waals surface area contributed by atoms with Crippen molar-refractivity contribution in [2.24, 2.45) is 5.92 Å². The Labute approximate surface area is 159 Å². The maximum absolute atomic E-state index is 12.4. The van der Waals surface area contributed by atoms with E-state index in [4.69, 9.17) is 5.11 Å². The number of ether oxygens (including phenoxy) is 1. The topological polar surface area (TPSA) is 75.6 Å². The molecule has 1 amide bonds. The van der Waals surface area contributed by atoms with Gasteiger partial charge in [-0.15, -0.1) is 11.3 Å². The lowest BCUT2D eigenvalue weighted by atomic mass is 9.86. The van der Waals surface area contributed by atoms with Crippen LogP contribution < -0.4 is 10.1 Å². The second-order valence-corrected chi connectivity index (χ2v) is 7.51. The molecule has 1 aromatic heterocycles. The molecule has 0 unspecified atom stereocenters. The Balaban J connectivity index is 1.58. The van der Waals surface area contributed by atoms with Crippen molar-refractivity contribution in [3.05, 3.63) is 41.3 Å². The van der Waals surface area contributed by atoms with Crippen LogP contribution in [0.4, 0.5) is 8.78 Å². The summed E-state index contributed by atoms with van der Waals surface area (Å²) in [5, 5.41) is 12.0. The number of aliphatic carboxylic acids is 1. The fourth-order valence-corrected chi connectivity index (χ4v) is 4.07. The molecule has 27 heavy (non-hydrogen) atoms. The third-order valence-electron chi connectivity index (χ3n) is 4.61. The number of carbonyl (C=O) groups excluding carboxylic acids is 1. The van der Waals surface area contributed by atoms with E-state index in [1.165, 1.54) is 23.5 Å². The first-order valence-electron chi connectivity index (χ1n) is 8.61. The number of thiophene rings is 1. The van der Waals surface area contributed by atoms with E-state index in [0.29, 0.717) is 30.6 Å². The first-order chi connectivity index (χ1) is 12.9. The van der Waals surface area contributed by atoms with Crippen LogP contribution >= 0.6 is 11.3 Å². The summed E-state index contributed by atoms with van der Waals surface area (Å²) in [4.78, 5) is 24.8. The zero-order chi connectivity index (χ0) is 19.4. The zero-order valence-electron chi connectivity index (χ0n) is 14.4. The molecule has 1 fully saturated rings. The van der Waals surface area contributed by atoms with E-state index in [2.05, 4.69) is 10.1 Å². The van der Waals surface area contributed by atoms with E-state index in [0.717, 1.165) is 10.4 Å². The molecule has 5 nitrogen and oxygen atoms in total. The number of nitrogens with one attached hydrogen (secondary N) is 1. The molecule has 0 spiro atoms. The van der Waals surface area contributed by atoms with Crippen molar-refractivity contribution in [3.63, 3.8) is 0 Å². The molecular weight excluding hydrogens is 376 g/mol. The van der Waals surface area contributed by atoms with Crippen LogP contribution in [0.5, 0.6) is 5.75 Å². The number of carboxylic acids is 1.